The fourth-order valence-corrected chi connectivity index (χ4v) is 8.27. The van der Waals surface area contributed by atoms with Crippen LogP contribution in [0.25, 0.3) is 0 Å². The highest BCUT2D eigenvalue weighted by Crippen LogP contribution is 2.47. The van der Waals surface area contributed by atoms with Crippen LogP contribution in [0.15, 0.2) is 23.0 Å². The van der Waals surface area contributed by atoms with Crippen LogP contribution < -0.4 is 10.6 Å². The van der Waals surface area contributed by atoms with Gasteiger partial charge in [0.15, 0.2) is 5.41 Å². The minimum atomic E-state index is -1.47. The molecule has 0 bridgehead atoms. The number of hydrogen-bond donors (Lipinski definition) is 3. The largest absolute Gasteiger partial charge is 0.508 e. The third-order valence-electron chi connectivity index (χ3n) is 9.96. The lowest BCUT2D eigenvalue weighted by Crippen LogP contribution is -2.61. The summed E-state index contributed by atoms with van der Waals surface area (Å²) in [5.74, 6) is -0.847. The van der Waals surface area contributed by atoms with Crippen LogP contribution in [0.2, 0.25) is 0 Å². The first-order valence-corrected chi connectivity index (χ1v) is 16.5. The van der Waals surface area contributed by atoms with Gasteiger partial charge in [-0.1, -0.05) is 40.7 Å². The van der Waals surface area contributed by atoms with Gasteiger partial charge in [-0.15, -0.1) is 0 Å². The maximum atomic E-state index is 14.5. The predicted molar refractivity (Wildman–Crippen MR) is 174 cm³/mol. The molecule has 7 heteroatoms. The summed E-state index contributed by atoms with van der Waals surface area (Å²) in [5, 5.41) is 18.4. The highest BCUT2D eigenvalue weighted by Gasteiger charge is 2.53. The Morgan fingerprint density at radius 3 is 1.53 bits per heavy atom. The molecule has 0 radical (unpaired) electrons. The third-order valence-corrected chi connectivity index (χ3v) is 9.96. The lowest BCUT2D eigenvalue weighted by atomic mass is 9.67. The van der Waals surface area contributed by atoms with Crippen LogP contribution in [-0.4, -0.2) is 51.4 Å². The molecule has 3 aliphatic rings. The molecule has 0 spiro atoms. The predicted octanol–water partition coefficient (Wildman–Crippen LogP) is 7.55. The van der Waals surface area contributed by atoms with Crippen molar-refractivity contribution >= 4 is 11.9 Å². The first-order chi connectivity index (χ1) is 19.3. The second kappa shape index (κ2) is 11.8. The molecule has 2 fully saturated rings. The summed E-state index contributed by atoms with van der Waals surface area (Å²) in [6.07, 6.45) is 4.65. The van der Waals surface area contributed by atoms with Crippen molar-refractivity contribution in [2.24, 2.45) is 22.7 Å². The van der Waals surface area contributed by atoms with Crippen LogP contribution >= 0.6 is 0 Å². The summed E-state index contributed by atoms with van der Waals surface area (Å²) in [5.41, 5.74) is -0.878. The molecule has 43 heavy (non-hydrogen) atoms. The van der Waals surface area contributed by atoms with Gasteiger partial charge in [0.2, 0.25) is 0 Å². The molecule has 0 saturated carbocycles. The van der Waals surface area contributed by atoms with E-state index in [1.807, 2.05) is 13.8 Å². The van der Waals surface area contributed by atoms with E-state index in [0.717, 1.165) is 11.1 Å². The Balaban J connectivity index is 2.03. The summed E-state index contributed by atoms with van der Waals surface area (Å²) < 4.78 is 12.7. The first-order valence-electron chi connectivity index (χ1n) is 16.5. The Hall–Kier alpha value is -1.86. The molecule has 7 nitrogen and oxygen atoms in total. The molecule has 246 valence electrons. The van der Waals surface area contributed by atoms with Crippen molar-refractivity contribution in [3.63, 3.8) is 0 Å². The van der Waals surface area contributed by atoms with E-state index in [1.54, 1.807) is 0 Å². The quantitative estimate of drug-likeness (QED) is 0.204. The highest BCUT2D eigenvalue weighted by atomic mass is 16.6. The van der Waals surface area contributed by atoms with Crippen molar-refractivity contribution in [1.82, 2.24) is 10.6 Å². The van der Waals surface area contributed by atoms with Gasteiger partial charge in [0, 0.05) is 47.8 Å². The lowest BCUT2D eigenvalue weighted by molar-refractivity contribution is -0.184. The minimum absolute atomic E-state index is 0.0499. The normalized spacial score (nSPS) is 27.8. The Morgan fingerprint density at radius 1 is 0.837 bits per heavy atom. The number of piperidine rings is 2. The molecule has 0 aromatic rings. The molecule has 2 heterocycles. The average molecular weight is 603 g/mol. The van der Waals surface area contributed by atoms with Gasteiger partial charge in [-0.25, -0.2) is 0 Å². The number of aliphatic hydroxyl groups excluding tert-OH is 1. The smallest absolute Gasteiger partial charge is 0.323 e. The Morgan fingerprint density at radius 2 is 1.21 bits per heavy atom. The fourth-order valence-electron chi connectivity index (χ4n) is 8.27. The Labute approximate surface area is 262 Å². The molecule has 2 aliphatic heterocycles. The van der Waals surface area contributed by atoms with Gasteiger partial charge in [-0.2, -0.15) is 0 Å². The fraction of sp³-hybridized carbons (Fsp3) is 0.833. The second-order valence-corrected chi connectivity index (χ2v) is 17.6. The molecule has 0 amide bonds. The van der Waals surface area contributed by atoms with Gasteiger partial charge in [-0.05, 0) is 104 Å². The second-order valence-electron chi connectivity index (χ2n) is 17.6. The van der Waals surface area contributed by atoms with Gasteiger partial charge < -0.3 is 25.2 Å². The molecular weight excluding hydrogens is 540 g/mol. The van der Waals surface area contributed by atoms with Crippen LogP contribution in [0.5, 0.6) is 0 Å². The van der Waals surface area contributed by atoms with Gasteiger partial charge >= 0.3 is 11.9 Å². The number of allylic oxidation sites excluding steroid dienone is 3. The molecule has 3 rings (SSSR count). The Bertz CT molecular complexity index is 1050. The number of hydrogen-bond acceptors (Lipinski definition) is 7. The molecule has 0 aromatic heterocycles. The van der Waals surface area contributed by atoms with Crippen molar-refractivity contribution in [2.75, 3.05) is 0 Å². The van der Waals surface area contributed by atoms with E-state index in [4.69, 9.17) is 9.47 Å². The molecule has 1 aliphatic carbocycles. The molecule has 2 saturated heterocycles. The van der Waals surface area contributed by atoms with Gasteiger partial charge in [-0.3, -0.25) is 9.59 Å². The first kappa shape index (κ1) is 35.6. The zero-order chi connectivity index (χ0) is 33.0. The minimum Gasteiger partial charge on any atom is -0.508 e. The number of rotatable bonds is 7. The van der Waals surface area contributed by atoms with Crippen molar-refractivity contribution in [3.8, 4) is 0 Å². The number of aliphatic hydroxyl groups is 1. The van der Waals surface area contributed by atoms with Crippen LogP contribution in [0, 0.1) is 22.7 Å². The summed E-state index contributed by atoms with van der Waals surface area (Å²) in [6.45, 7) is 29.2. The van der Waals surface area contributed by atoms with Gasteiger partial charge in [0.05, 0.1) is 0 Å². The van der Waals surface area contributed by atoms with Crippen LogP contribution in [0.4, 0.5) is 0 Å². The van der Waals surface area contributed by atoms with E-state index < -0.39 is 17.4 Å². The van der Waals surface area contributed by atoms with Crippen molar-refractivity contribution < 1.29 is 24.2 Å². The molecular formula is C36H62N2O5. The van der Waals surface area contributed by atoms with Crippen molar-refractivity contribution in [2.45, 2.75) is 170 Å². The molecule has 2 atom stereocenters. The maximum Gasteiger partial charge on any atom is 0.323 e. The van der Waals surface area contributed by atoms with Crippen LogP contribution in [0.1, 0.15) is 135 Å². The van der Waals surface area contributed by atoms with Crippen LogP contribution in [0.3, 0.4) is 0 Å². The van der Waals surface area contributed by atoms with E-state index >= 15 is 0 Å². The van der Waals surface area contributed by atoms with E-state index in [9.17, 15) is 14.7 Å². The average Bonchev–Trinajstić information content (AvgIpc) is 2.77. The summed E-state index contributed by atoms with van der Waals surface area (Å²) in [6, 6.07) is 0. The summed E-state index contributed by atoms with van der Waals surface area (Å²) >= 11 is 0. The van der Waals surface area contributed by atoms with E-state index in [2.05, 4.69) is 99.8 Å². The molecule has 0 aromatic carbocycles. The van der Waals surface area contributed by atoms with E-state index in [0.29, 0.717) is 31.4 Å². The third kappa shape index (κ3) is 8.25. The van der Waals surface area contributed by atoms with Gasteiger partial charge in [0.1, 0.15) is 18.0 Å². The van der Waals surface area contributed by atoms with Crippen molar-refractivity contribution in [3.05, 3.63) is 23.0 Å². The van der Waals surface area contributed by atoms with Crippen LogP contribution in [-0.2, 0) is 19.1 Å². The number of ether oxygens (including phenoxy) is 2. The standard InChI is InChI=1S/C36H62N2O5/c1-15-36(29(40)42-25-18-32(7,8)37-33(9,10)19-25,30(41)43-26-20-34(11,12)38-35(13,14)21-26)17-24-16-27(31(4,5)6)28(39)23(3)22(24)2/h16,22,24-26,37-39H,15,17-21H2,1-14H3. The maximum absolute atomic E-state index is 14.5. The number of esters is 2. The summed E-state index contributed by atoms with van der Waals surface area (Å²) in [7, 11) is 0. The zero-order valence-corrected chi connectivity index (χ0v) is 29.7. The monoisotopic (exact) mass is 602 g/mol. The van der Waals surface area contributed by atoms with Crippen molar-refractivity contribution in [1.29, 1.82) is 0 Å². The lowest BCUT2D eigenvalue weighted by Gasteiger charge is -2.47. The number of nitrogens with one attached hydrogen (secondary N) is 2. The van der Waals surface area contributed by atoms with E-state index in [-0.39, 0.29) is 64.5 Å². The highest BCUT2D eigenvalue weighted by molar-refractivity contribution is 6.00. The topological polar surface area (TPSA) is 96.9 Å². The Kier molecular flexibility index (Phi) is 9.79. The number of carbonyl (C=O) groups excluding carboxylic acids is 2. The van der Waals surface area contributed by atoms with Gasteiger partial charge in [0.25, 0.3) is 0 Å². The SMILES string of the molecule is CCC(CC1C=C(C(C)(C)C)C(O)=C(C)C1C)(C(=O)OC1CC(C)(C)NC(C)(C)C1)C(=O)OC1CC(C)(C)NC(C)(C)C1. The molecule has 2 unspecified atom stereocenters. The number of carbonyl (C=O) groups is 2. The zero-order valence-electron chi connectivity index (χ0n) is 29.7. The molecule has 3 N–H and O–H groups in total. The summed E-state index contributed by atoms with van der Waals surface area (Å²) in [4.78, 5) is 29.0. The van der Waals surface area contributed by atoms with E-state index in [1.165, 1.54) is 0 Å².